The van der Waals surface area contributed by atoms with E-state index in [0.29, 0.717) is 37.8 Å². The Bertz CT molecular complexity index is 557. The highest BCUT2D eigenvalue weighted by Gasteiger charge is 2.06. The van der Waals surface area contributed by atoms with Gasteiger partial charge in [-0.1, -0.05) is 12.1 Å². The molecule has 0 aromatic heterocycles. The number of benzene rings is 1. The number of guanidine groups is 1. The molecule has 8 nitrogen and oxygen atoms in total. The number of rotatable bonds is 9. The second kappa shape index (κ2) is 11.0. The molecular weight excluding hydrogens is 310 g/mol. The van der Waals surface area contributed by atoms with Gasteiger partial charge in [-0.05, 0) is 24.6 Å². The second-order valence-electron chi connectivity index (χ2n) is 4.90. The Kier molecular flexibility index (Phi) is 8.91. The number of nitrogens with two attached hydrogens (primary N) is 1. The Labute approximate surface area is 141 Å². The van der Waals surface area contributed by atoms with Crippen molar-refractivity contribution < 1.29 is 14.3 Å². The average molecular weight is 335 g/mol. The van der Waals surface area contributed by atoms with Crippen LogP contribution in [0.5, 0.6) is 0 Å². The molecular formula is C16H25N5O3. The van der Waals surface area contributed by atoms with Gasteiger partial charge in [0.25, 0.3) is 5.91 Å². The maximum absolute atomic E-state index is 11.8. The Morgan fingerprint density at radius 2 is 1.88 bits per heavy atom. The molecule has 8 heteroatoms. The van der Waals surface area contributed by atoms with Crippen molar-refractivity contribution in [2.75, 3.05) is 33.4 Å². The highest BCUT2D eigenvalue weighted by Crippen LogP contribution is 2.04. The molecule has 2 amide bonds. The van der Waals surface area contributed by atoms with Crippen molar-refractivity contribution in [3.05, 3.63) is 35.4 Å². The van der Waals surface area contributed by atoms with Crippen LogP contribution in [0.3, 0.4) is 0 Å². The van der Waals surface area contributed by atoms with Gasteiger partial charge >= 0.3 is 0 Å². The van der Waals surface area contributed by atoms with Gasteiger partial charge in [0.15, 0.2) is 5.96 Å². The van der Waals surface area contributed by atoms with E-state index in [2.05, 4.69) is 20.9 Å². The SMILES string of the molecule is CCOCCNC(=NC)NCc1ccc(C(=O)NCC(N)=O)cc1. The molecule has 132 valence electrons. The minimum Gasteiger partial charge on any atom is -0.380 e. The molecule has 1 aromatic rings. The number of hydrogen-bond acceptors (Lipinski definition) is 4. The van der Waals surface area contributed by atoms with Crippen LogP contribution in [0.1, 0.15) is 22.8 Å². The van der Waals surface area contributed by atoms with E-state index >= 15 is 0 Å². The van der Waals surface area contributed by atoms with E-state index in [1.165, 1.54) is 0 Å². The lowest BCUT2D eigenvalue weighted by atomic mass is 10.1. The summed E-state index contributed by atoms with van der Waals surface area (Å²) < 4.78 is 5.25. The molecule has 0 saturated carbocycles. The van der Waals surface area contributed by atoms with Crippen LogP contribution in [0.4, 0.5) is 0 Å². The molecule has 0 aliphatic rings. The van der Waals surface area contributed by atoms with Gasteiger partial charge in [-0.2, -0.15) is 0 Å². The van der Waals surface area contributed by atoms with E-state index in [9.17, 15) is 9.59 Å². The van der Waals surface area contributed by atoms with Crippen molar-refractivity contribution in [2.45, 2.75) is 13.5 Å². The lowest BCUT2D eigenvalue weighted by molar-refractivity contribution is -0.117. The monoisotopic (exact) mass is 335 g/mol. The number of carbonyl (C=O) groups is 2. The third kappa shape index (κ3) is 7.59. The molecule has 1 aromatic carbocycles. The summed E-state index contributed by atoms with van der Waals surface area (Å²) in [4.78, 5) is 26.5. The van der Waals surface area contributed by atoms with Gasteiger partial charge in [0.05, 0.1) is 13.2 Å². The lowest BCUT2D eigenvalue weighted by Gasteiger charge is -2.12. The highest BCUT2D eigenvalue weighted by molar-refractivity contribution is 5.96. The normalized spacial score (nSPS) is 11.0. The van der Waals surface area contributed by atoms with Crippen molar-refractivity contribution in [1.29, 1.82) is 0 Å². The van der Waals surface area contributed by atoms with Gasteiger partial charge in [-0.25, -0.2) is 0 Å². The zero-order chi connectivity index (χ0) is 17.8. The van der Waals surface area contributed by atoms with Crippen LogP contribution in [0.25, 0.3) is 0 Å². The quantitative estimate of drug-likeness (QED) is 0.278. The Morgan fingerprint density at radius 1 is 1.17 bits per heavy atom. The molecule has 1 rings (SSSR count). The Balaban J connectivity index is 2.43. The van der Waals surface area contributed by atoms with E-state index < -0.39 is 5.91 Å². The van der Waals surface area contributed by atoms with Gasteiger partial charge < -0.3 is 26.4 Å². The van der Waals surface area contributed by atoms with E-state index in [0.717, 1.165) is 5.56 Å². The summed E-state index contributed by atoms with van der Waals surface area (Å²) in [5, 5.41) is 8.75. The molecule has 0 spiro atoms. The summed E-state index contributed by atoms with van der Waals surface area (Å²) in [5.74, 6) is -0.230. The molecule has 0 heterocycles. The first-order valence-corrected chi connectivity index (χ1v) is 7.74. The summed E-state index contributed by atoms with van der Waals surface area (Å²) >= 11 is 0. The molecule has 24 heavy (non-hydrogen) atoms. The molecule has 0 aliphatic heterocycles. The number of nitrogens with one attached hydrogen (secondary N) is 3. The minimum absolute atomic E-state index is 0.175. The fourth-order valence-electron chi connectivity index (χ4n) is 1.84. The predicted octanol–water partition coefficient (Wildman–Crippen LogP) is -0.397. The second-order valence-corrected chi connectivity index (χ2v) is 4.90. The molecule has 0 radical (unpaired) electrons. The first-order valence-electron chi connectivity index (χ1n) is 7.74. The summed E-state index contributed by atoms with van der Waals surface area (Å²) in [7, 11) is 1.70. The largest absolute Gasteiger partial charge is 0.380 e. The highest BCUT2D eigenvalue weighted by atomic mass is 16.5. The Hall–Kier alpha value is -2.61. The minimum atomic E-state index is -0.576. The van der Waals surface area contributed by atoms with Crippen molar-refractivity contribution in [1.82, 2.24) is 16.0 Å². The molecule has 0 atom stereocenters. The third-order valence-corrected chi connectivity index (χ3v) is 3.07. The summed E-state index contributed by atoms with van der Waals surface area (Å²) in [6.07, 6.45) is 0. The average Bonchev–Trinajstić information content (AvgIpc) is 2.59. The summed E-state index contributed by atoms with van der Waals surface area (Å²) in [5.41, 5.74) is 6.45. The van der Waals surface area contributed by atoms with E-state index in [4.69, 9.17) is 10.5 Å². The fraction of sp³-hybridized carbons (Fsp3) is 0.438. The van der Waals surface area contributed by atoms with Crippen molar-refractivity contribution in [3.8, 4) is 0 Å². The fourth-order valence-corrected chi connectivity index (χ4v) is 1.84. The maximum atomic E-state index is 11.8. The van der Waals surface area contributed by atoms with Gasteiger partial charge in [-0.3, -0.25) is 14.6 Å². The number of primary amides is 1. The van der Waals surface area contributed by atoms with Gasteiger partial charge in [0.1, 0.15) is 0 Å². The van der Waals surface area contributed by atoms with E-state index in [-0.39, 0.29) is 12.5 Å². The van der Waals surface area contributed by atoms with Crippen molar-refractivity contribution in [3.63, 3.8) is 0 Å². The first kappa shape index (κ1) is 19.4. The number of amides is 2. The van der Waals surface area contributed by atoms with Gasteiger partial charge in [-0.15, -0.1) is 0 Å². The van der Waals surface area contributed by atoms with Crippen LogP contribution in [-0.4, -0.2) is 51.1 Å². The van der Waals surface area contributed by atoms with Crippen LogP contribution in [0.15, 0.2) is 29.3 Å². The third-order valence-electron chi connectivity index (χ3n) is 3.07. The first-order chi connectivity index (χ1) is 11.6. The lowest BCUT2D eigenvalue weighted by Crippen LogP contribution is -2.38. The topological polar surface area (TPSA) is 118 Å². The summed E-state index contributed by atoms with van der Waals surface area (Å²) in [6.45, 7) is 4.32. The number of carbonyl (C=O) groups excluding carboxylic acids is 2. The smallest absolute Gasteiger partial charge is 0.251 e. The zero-order valence-corrected chi connectivity index (χ0v) is 14.1. The number of hydrogen-bond donors (Lipinski definition) is 4. The molecule has 5 N–H and O–H groups in total. The van der Waals surface area contributed by atoms with Crippen LogP contribution in [0, 0.1) is 0 Å². The predicted molar refractivity (Wildman–Crippen MR) is 92.7 cm³/mol. The van der Waals surface area contributed by atoms with Gasteiger partial charge in [0.2, 0.25) is 5.91 Å². The molecule has 0 aliphatic carbocycles. The summed E-state index contributed by atoms with van der Waals surface area (Å²) in [6, 6.07) is 7.05. The molecule has 0 fully saturated rings. The van der Waals surface area contributed by atoms with Crippen LogP contribution >= 0.6 is 0 Å². The number of ether oxygens (including phenoxy) is 1. The Morgan fingerprint density at radius 3 is 2.46 bits per heavy atom. The van der Waals surface area contributed by atoms with Crippen LogP contribution < -0.4 is 21.7 Å². The van der Waals surface area contributed by atoms with Crippen LogP contribution in [0.2, 0.25) is 0 Å². The number of nitrogens with zero attached hydrogens (tertiary/aromatic N) is 1. The van der Waals surface area contributed by atoms with Gasteiger partial charge in [0, 0.05) is 32.3 Å². The molecule has 0 saturated heterocycles. The van der Waals surface area contributed by atoms with E-state index in [1.807, 2.05) is 19.1 Å². The number of aliphatic imine (C=N–C) groups is 1. The molecule has 0 bridgehead atoms. The molecule has 0 unspecified atom stereocenters. The maximum Gasteiger partial charge on any atom is 0.251 e. The standard InChI is InChI=1S/C16H25N5O3/c1-3-24-9-8-19-16(18-2)21-10-12-4-6-13(7-5-12)15(23)20-11-14(17)22/h4-7H,3,8-11H2,1-2H3,(H2,17,22)(H,20,23)(H2,18,19,21). The van der Waals surface area contributed by atoms with Crippen LogP contribution in [-0.2, 0) is 16.1 Å². The van der Waals surface area contributed by atoms with Crippen molar-refractivity contribution in [2.24, 2.45) is 10.7 Å². The zero-order valence-electron chi connectivity index (χ0n) is 14.1. The van der Waals surface area contributed by atoms with Crippen molar-refractivity contribution >= 4 is 17.8 Å². The van der Waals surface area contributed by atoms with E-state index in [1.54, 1.807) is 19.2 Å².